The Bertz CT molecular complexity index is 221. The van der Waals surface area contributed by atoms with Gasteiger partial charge in [-0.2, -0.15) is 0 Å². The molecule has 0 aromatic heterocycles. The molecular formula is C12H27Cl3N4OTi. The van der Waals surface area contributed by atoms with Crippen molar-refractivity contribution in [3.05, 3.63) is 5.32 Å². The van der Waals surface area contributed by atoms with Gasteiger partial charge >= 0.3 is 21.7 Å². The van der Waals surface area contributed by atoms with Gasteiger partial charge in [0.15, 0.2) is 0 Å². The Kier molecular flexibility index (Phi) is 25.6. The van der Waals surface area contributed by atoms with Crippen LogP contribution in [-0.4, -0.2) is 95.0 Å². The van der Waals surface area contributed by atoms with Gasteiger partial charge in [-0.1, -0.05) is 0 Å². The second-order valence-electron chi connectivity index (χ2n) is 4.97. The molecule has 1 unspecified atom stereocenters. The molecule has 1 saturated heterocycles. The van der Waals surface area contributed by atoms with Crippen LogP contribution in [0.15, 0.2) is 0 Å². The summed E-state index contributed by atoms with van der Waals surface area (Å²) < 4.78 is 5.39. The third-order valence-corrected chi connectivity index (χ3v) is 3.28. The summed E-state index contributed by atoms with van der Waals surface area (Å²) in [6.07, 6.45) is 0.0122. The van der Waals surface area contributed by atoms with Crippen molar-refractivity contribution in [1.82, 2.24) is 14.7 Å². The van der Waals surface area contributed by atoms with Crippen molar-refractivity contribution >= 4 is 0 Å². The van der Waals surface area contributed by atoms with E-state index in [1.54, 1.807) is 7.11 Å². The van der Waals surface area contributed by atoms with Gasteiger partial charge in [-0.3, -0.25) is 0 Å². The summed E-state index contributed by atoms with van der Waals surface area (Å²) in [7, 11) is 8.21. The molecule has 0 aliphatic carbocycles. The molecular weight excluding hydrogens is 370 g/mol. The van der Waals surface area contributed by atoms with Crippen LogP contribution in [0.5, 0.6) is 0 Å². The Labute approximate surface area is 163 Å². The van der Waals surface area contributed by atoms with Crippen LogP contribution in [0.1, 0.15) is 0 Å². The molecule has 9 heteroatoms. The molecule has 1 aliphatic rings. The molecule has 1 rings (SSSR count). The third-order valence-electron chi connectivity index (χ3n) is 3.28. The van der Waals surface area contributed by atoms with Crippen molar-refractivity contribution in [2.24, 2.45) is 0 Å². The molecule has 126 valence electrons. The van der Waals surface area contributed by atoms with Crippen LogP contribution in [0.2, 0.25) is 0 Å². The van der Waals surface area contributed by atoms with Crippen molar-refractivity contribution in [2.45, 2.75) is 6.23 Å². The Morgan fingerprint density at radius 3 is 1.71 bits per heavy atom. The molecule has 5 nitrogen and oxygen atoms in total. The van der Waals surface area contributed by atoms with Gasteiger partial charge in [0.1, 0.15) is 0 Å². The number of hydrogen-bond acceptors (Lipinski definition) is 4. The van der Waals surface area contributed by atoms with E-state index >= 15 is 0 Å². The molecule has 1 heterocycles. The Morgan fingerprint density at radius 1 is 0.810 bits per heavy atom. The minimum Gasteiger partial charge on any atom is -1.00 e. The Balaban J connectivity index is -0.000000361. The van der Waals surface area contributed by atoms with E-state index in [9.17, 15) is 0 Å². The molecule has 21 heavy (non-hydrogen) atoms. The minimum atomic E-state index is 0. The van der Waals surface area contributed by atoms with Gasteiger partial charge in [0.2, 0.25) is 0 Å². The first-order valence-electron chi connectivity index (χ1n) is 6.37. The quantitative estimate of drug-likeness (QED) is 0.412. The number of nitrogens with zero attached hydrogens (tertiary/aromatic N) is 4. The van der Waals surface area contributed by atoms with Crippen LogP contribution in [0.4, 0.5) is 0 Å². The molecule has 0 aromatic rings. The first-order valence-corrected chi connectivity index (χ1v) is 6.37. The minimum absolute atomic E-state index is 0. The zero-order valence-electron chi connectivity index (χ0n) is 13.4. The summed E-state index contributed by atoms with van der Waals surface area (Å²) in [5.41, 5.74) is 0. The molecule has 0 bridgehead atoms. The van der Waals surface area contributed by atoms with Gasteiger partial charge in [-0.05, 0) is 33.9 Å². The SMILES string of the molecule is COC1CN(C)CCN(C)CCN(C)CC[N-]1.[Cl-].[Cl-].[Cl-].[Ti+4]. The van der Waals surface area contributed by atoms with Gasteiger partial charge in [0.25, 0.3) is 0 Å². The summed E-state index contributed by atoms with van der Waals surface area (Å²) in [6.45, 7) is 7.14. The fourth-order valence-electron chi connectivity index (χ4n) is 1.84. The zero-order chi connectivity index (χ0) is 12.7. The van der Waals surface area contributed by atoms with E-state index in [4.69, 9.17) is 4.74 Å². The normalized spacial score (nSPS) is 23.1. The molecule has 0 N–H and O–H groups in total. The van der Waals surface area contributed by atoms with E-state index in [2.05, 4.69) is 41.2 Å². The topological polar surface area (TPSA) is 33.1 Å². The van der Waals surface area contributed by atoms with E-state index in [0.717, 1.165) is 45.8 Å². The van der Waals surface area contributed by atoms with Crippen LogP contribution in [0.3, 0.4) is 0 Å². The predicted molar refractivity (Wildman–Crippen MR) is 71.5 cm³/mol. The van der Waals surface area contributed by atoms with Gasteiger partial charge in [-0.25, -0.2) is 0 Å². The van der Waals surface area contributed by atoms with Crippen molar-refractivity contribution in [3.63, 3.8) is 0 Å². The van der Waals surface area contributed by atoms with E-state index in [-0.39, 0.29) is 65.2 Å². The third kappa shape index (κ3) is 14.7. The first-order chi connectivity index (χ1) is 8.11. The van der Waals surface area contributed by atoms with Crippen molar-refractivity contribution in [3.8, 4) is 0 Å². The average Bonchev–Trinajstić information content (AvgIpc) is 2.31. The molecule has 0 spiro atoms. The number of methoxy groups -OCH3 is 1. The van der Waals surface area contributed by atoms with E-state index in [1.165, 1.54) is 0 Å². The summed E-state index contributed by atoms with van der Waals surface area (Å²) in [6, 6.07) is 0. The summed E-state index contributed by atoms with van der Waals surface area (Å²) in [4.78, 5) is 7.01. The van der Waals surface area contributed by atoms with Crippen LogP contribution >= 0.6 is 0 Å². The Morgan fingerprint density at radius 2 is 1.24 bits per heavy atom. The monoisotopic (exact) mass is 396 g/mol. The van der Waals surface area contributed by atoms with E-state index in [0.29, 0.717) is 0 Å². The maximum absolute atomic E-state index is 5.39. The van der Waals surface area contributed by atoms with Crippen molar-refractivity contribution in [1.29, 1.82) is 0 Å². The maximum Gasteiger partial charge on any atom is 4.00 e. The van der Waals surface area contributed by atoms with Crippen molar-refractivity contribution in [2.75, 3.05) is 74.1 Å². The number of hydrogen-bond donors (Lipinski definition) is 0. The fraction of sp³-hybridized carbons (Fsp3) is 1.00. The number of ether oxygens (including phenoxy) is 1. The van der Waals surface area contributed by atoms with Crippen LogP contribution in [-0.2, 0) is 26.5 Å². The molecule has 1 fully saturated rings. The standard InChI is InChI=1S/C12H27N4O.3ClH.Ti/c1-14-6-5-13-12(17-4)11-16(3)10-9-15(2)8-7-14;;;;/h12H,5-11H2,1-4H3;3*1H;/q-1;;;;+4/p-3. The molecule has 0 saturated carbocycles. The Hall–Kier alpha value is 1.38. The van der Waals surface area contributed by atoms with E-state index in [1.807, 2.05) is 0 Å². The van der Waals surface area contributed by atoms with Crippen LogP contribution < -0.4 is 37.2 Å². The van der Waals surface area contributed by atoms with Gasteiger partial charge in [0.05, 0.1) is 0 Å². The number of halogens is 3. The smallest absolute Gasteiger partial charge is 1.00 e. The molecule has 0 amide bonds. The predicted octanol–water partition coefficient (Wildman–Crippen LogP) is -8.85. The zero-order valence-corrected chi connectivity index (χ0v) is 17.2. The number of likely N-dealkylation sites (N-methyl/N-ethyl adjacent to an activating group) is 3. The first kappa shape index (κ1) is 30.3. The average molecular weight is 398 g/mol. The van der Waals surface area contributed by atoms with Gasteiger partial charge < -0.3 is 62.0 Å². The van der Waals surface area contributed by atoms with Gasteiger partial charge in [-0.15, -0.1) is 6.54 Å². The molecule has 0 radical (unpaired) electrons. The second-order valence-corrected chi connectivity index (χ2v) is 4.97. The molecule has 0 aromatic carbocycles. The second kappa shape index (κ2) is 17.7. The summed E-state index contributed by atoms with van der Waals surface area (Å²) in [5, 5.41) is 4.58. The van der Waals surface area contributed by atoms with Crippen LogP contribution in [0.25, 0.3) is 5.32 Å². The van der Waals surface area contributed by atoms with Crippen molar-refractivity contribution < 1.29 is 63.7 Å². The van der Waals surface area contributed by atoms with Crippen LogP contribution in [0, 0.1) is 0 Å². The van der Waals surface area contributed by atoms with E-state index < -0.39 is 0 Å². The number of rotatable bonds is 1. The van der Waals surface area contributed by atoms with Gasteiger partial charge in [0, 0.05) is 39.8 Å². The maximum atomic E-state index is 5.39. The largest absolute Gasteiger partial charge is 4.00 e. The molecule has 1 atom stereocenters. The molecule has 1 aliphatic heterocycles. The fourth-order valence-corrected chi connectivity index (χ4v) is 1.84. The summed E-state index contributed by atoms with van der Waals surface area (Å²) >= 11 is 0. The summed E-state index contributed by atoms with van der Waals surface area (Å²) in [5.74, 6) is 0.